The van der Waals surface area contributed by atoms with E-state index in [0.717, 1.165) is 11.1 Å². The Hall–Kier alpha value is -1.92. The Morgan fingerprint density at radius 2 is 2.15 bits per heavy atom. The van der Waals surface area contributed by atoms with Gasteiger partial charge in [-0.15, -0.1) is 0 Å². The van der Waals surface area contributed by atoms with Crippen molar-refractivity contribution in [2.75, 3.05) is 13.2 Å². The largest absolute Gasteiger partial charge is 0.458 e. The fourth-order valence-electron chi connectivity index (χ4n) is 3.75. The summed E-state index contributed by atoms with van der Waals surface area (Å²) >= 11 is 0. The van der Waals surface area contributed by atoms with Crippen molar-refractivity contribution in [3.05, 3.63) is 34.9 Å². The molecule has 144 valence electrons. The summed E-state index contributed by atoms with van der Waals surface area (Å²) in [6.45, 7) is 9.11. The number of aliphatic hydroxyl groups excluding tert-OH is 2. The summed E-state index contributed by atoms with van der Waals surface area (Å²) in [4.78, 5) is 24.4. The van der Waals surface area contributed by atoms with E-state index in [1.54, 1.807) is 19.9 Å². The van der Waals surface area contributed by atoms with Crippen molar-refractivity contribution in [1.82, 2.24) is 0 Å². The highest BCUT2D eigenvalue weighted by Gasteiger charge is 2.50. The normalized spacial score (nSPS) is 27.3. The van der Waals surface area contributed by atoms with E-state index in [4.69, 9.17) is 14.6 Å². The van der Waals surface area contributed by atoms with Crippen LogP contribution >= 0.6 is 0 Å². The van der Waals surface area contributed by atoms with Crippen LogP contribution in [-0.4, -0.2) is 47.6 Å². The first-order valence-corrected chi connectivity index (χ1v) is 9.02. The third-order valence-electron chi connectivity index (χ3n) is 5.32. The minimum Gasteiger partial charge on any atom is -0.458 e. The summed E-state index contributed by atoms with van der Waals surface area (Å²) in [5.74, 6) is -1.41. The third kappa shape index (κ3) is 3.91. The maximum absolute atomic E-state index is 12.4. The fraction of sp³-hybridized carbons (Fsp3) is 0.600. The number of carbonyl (C=O) groups excluding carboxylic acids is 2. The molecule has 2 aliphatic rings. The molecular weight excluding hydrogens is 336 g/mol. The lowest BCUT2D eigenvalue weighted by Gasteiger charge is -2.38. The molecule has 26 heavy (non-hydrogen) atoms. The molecule has 0 saturated carbocycles. The molecule has 0 aromatic rings. The van der Waals surface area contributed by atoms with Gasteiger partial charge in [0.1, 0.15) is 12.2 Å². The zero-order valence-electron chi connectivity index (χ0n) is 15.7. The predicted octanol–water partition coefficient (Wildman–Crippen LogP) is 2.06. The van der Waals surface area contributed by atoms with Crippen LogP contribution in [0.15, 0.2) is 34.9 Å². The monoisotopic (exact) mass is 364 g/mol. The van der Waals surface area contributed by atoms with Gasteiger partial charge in [-0.3, -0.25) is 0 Å². The Kier molecular flexibility index (Phi) is 6.78. The molecular formula is C20H28O6. The van der Waals surface area contributed by atoms with Gasteiger partial charge in [-0.05, 0) is 43.8 Å². The lowest BCUT2D eigenvalue weighted by molar-refractivity contribution is -0.147. The molecule has 0 radical (unpaired) electrons. The van der Waals surface area contributed by atoms with Gasteiger partial charge in [0, 0.05) is 24.2 Å². The van der Waals surface area contributed by atoms with E-state index in [-0.39, 0.29) is 19.1 Å². The summed E-state index contributed by atoms with van der Waals surface area (Å²) < 4.78 is 11.2. The lowest BCUT2D eigenvalue weighted by Crippen LogP contribution is -2.41. The zero-order valence-corrected chi connectivity index (χ0v) is 15.7. The number of carbonyl (C=O) groups is 2. The summed E-state index contributed by atoms with van der Waals surface area (Å²) in [5.41, 5.74) is 2.32. The molecule has 1 aliphatic carbocycles. The van der Waals surface area contributed by atoms with E-state index in [0.29, 0.717) is 30.4 Å². The maximum atomic E-state index is 12.4. The highest BCUT2D eigenvalue weighted by molar-refractivity contribution is 5.92. The average molecular weight is 364 g/mol. The first-order chi connectivity index (χ1) is 12.3. The number of rotatable bonds is 7. The quantitative estimate of drug-likeness (QED) is 0.408. The van der Waals surface area contributed by atoms with Crippen LogP contribution in [0.1, 0.15) is 40.0 Å². The van der Waals surface area contributed by atoms with Crippen molar-refractivity contribution < 1.29 is 29.3 Å². The lowest BCUT2D eigenvalue weighted by atomic mass is 9.73. The van der Waals surface area contributed by atoms with Crippen molar-refractivity contribution in [3.8, 4) is 0 Å². The van der Waals surface area contributed by atoms with E-state index in [1.165, 1.54) is 0 Å². The number of allylic oxidation sites excluding steroid dienone is 1. The highest BCUT2D eigenvalue weighted by atomic mass is 16.6. The molecule has 2 rings (SSSR count). The van der Waals surface area contributed by atoms with Crippen LogP contribution in [0.5, 0.6) is 0 Å². The van der Waals surface area contributed by atoms with Crippen LogP contribution in [0, 0.1) is 11.8 Å². The van der Waals surface area contributed by atoms with E-state index in [2.05, 4.69) is 6.58 Å². The summed E-state index contributed by atoms with van der Waals surface area (Å²) in [7, 11) is 0. The fourth-order valence-corrected chi connectivity index (χ4v) is 3.75. The van der Waals surface area contributed by atoms with Gasteiger partial charge in [0.25, 0.3) is 0 Å². The summed E-state index contributed by atoms with van der Waals surface area (Å²) in [6.07, 6.45) is 2.17. The second kappa shape index (κ2) is 8.64. The standard InChI is InChI=1S/C20H28O6/c1-5-11(2)19(23)26-18-16(12(3)7-6-8-21)14(10-22)9-15-17(18)13(4)20(24)25-15/h5,12,15,17-18,21-22H,4,6-10H2,1-3H3/b11-5-/t12-,15+,17+,18?/m0/s1. The average Bonchev–Trinajstić information content (AvgIpc) is 2.92. The molecule has 1 fully saturated rings. The molecule has 1 aliphatic heterocycles. The van der Waals surface area contributed by atoms with E-state index in [1.807, 2.05) is 6.92 Å². The van der Waals surface area contributed by atoms with Crippen LogP contribution < -0.4 is 0 Å². The predicted molar refractivity (Wildman–Crippen MR) is 96.0 cm³/mol. The zero-order chi connectivity index (χ0) is 19.4. The first-order valence-electron chi connectivity index (χ1n) is 9.02. The van der Waals surface area contributed by atoms with Gasteiger partial charge in [-0.1, -0.05) is 19.6 Å². The molecule has 4 atom stereocenters. The molecule has 0 spiro atoms. The molecule has 1 unspecified atom stereocenters. The molecule has 6 heteroatoms. The summed E-state index contributed by atoms with van der Waals surface area (Å²) in [5, 5.41) is 19.0. The Bertz CT molecular complexity index is 645. The highest BCUT2D eigenvalue weighted by Crippen LogP contribution is 2.45. The van der Waals surface area contributed by atoms with Crippen molar-refractivity contribution in [3.63, 3.8) is 0 Å². The molecule has 1 heterocycles. The first kappa shape index (κ1) is 20.4. The molecule has 0 bridgehead atoms. The van der Waals surface area contributed by atoms with Gasteiger partial charge in [0.2, 0.25) is 0 Å². The van der Waals surface area contributed by atoms with Crippen LogP contribution in [0.2, 0.25) is 0 Å². The van der Waals surface area contributed by atoms with Gasteiger partial charge in [-0.2, -0.15) is 0 Å². The minimum absolute atomic E-state index is 0.0162. The number of aliphatic hydroxyl groups is 2. The topological polar surface area (TPSA) is 93.1 Å². The van der Waals surface area contributed by atoms with Gasteiger partial charge >= 0.3 is 11.9 Å². The van der Waals surface area contributed by atoms with E-state index in [9.17, 15) is 14.7 Å². The number of hydrogen-bond donors (Lipinski definition) is 2. The van der Waals surface area contributed by atoms with Crippen LogP contribution in [-0.2, 0) is 19.1 Å². The van der Waals surface area contributed by atoms with Gasteiger partial charge in [0.15, 0.2) is 0 Å². The number of ether oxygens (including phenoxy) is 2. The smallest absolute Gasteiger partial charge is 0.334 e. The maximum Gasteiger partial charge on any atom is 0.334 e. The number of fused-ring (bicyclic) bond motifs is 1. The van der Waals surface area contributed by atoms with Crippen molar-refractivity contribution >= 4 is 11.9 Å². The van der Waals surface area contributed by atoms with Gasteiger partial charge in [0.05, 0.1) is 12.5 Å². The molecule has 0 amide bonds. The van der Waals surface area contributed by atoms with Gasteiger partial charge < -0.3 is 19.7 Å². The van der Waals surface area contributed by atoms with Crippen molar-refractivity contribution in [2.24, 2.45) is 11.8 Å². The second-order valence-corrected chi connectivity index (χ2v) is 6.98. The Morgan fingerprint density at radius 3 is 2.73 bits per heavy atom. The van der Waals surface area contributed by atoms with Crippen molar-refractivity contribution in [1.29, 1.82) is 0 Å². The second-order valence-electron chi connectivity index (χ2n) is 6.98. The number of esters is 2. The molecule has 6 nitrogen and oxygen atoms in total. The van der Waals surface area contributed by atoms with Crippen LogP contribution in [0.4, 0.5) is 0 Å². The molecule has 1 saturated heterocycles. The summed E-state index contributed by atoms with van der Waals surface area (Å²) in [6, 6.07) is 0. The van der Waals surface area contributed by atoms with Gasteiger partial charge in [-0.25, -0.2) is 9.59 Å². The third-order valence-corrected chi connectivity index (χ3v) is 5.32. The van der Waals surface area contributed by atoms with E-state index >= 15 is 0 Å². The van der Waals surface area contributed by atoms with Crippen LogP contribution in [0.25, 0.3) is 0 Å². The van der Waals surface area contributed by atoms with E-state index < -0.39 is 30.1 Å². The molecule has 2 N–H and O–H groups in total. The van der Waals surface area contributed by atoms with Crippen molar-refractivity contribution in [2.45, 2.75) is 52.2 Å². The Balaban J connectivity index is 2.45. The van der Waals surface area contributed by atoms with Crippen LogP contribution in [0.3, 0.4) is 0 Å². The molecule has 0 aromatic carbocycles. The Morgan fingerprint density at radius 1 is 1.46 bits per heavy atom. The molecule has 0 aromatic heterocycles. The number of hydrogen-bond acceptors (Lipinski definition) is 6. The minimum atomic E-state index is -0.703. The Labute approximate surface area is 154 Å². The SMILES string of the molecule is C=C1C(=O)O[C@@H]2CC(CO)=C([C@@H](C)CCCO)C(OC(=O)/C(C)=C\C)[C@H]12.